The molecule has 1 atom stereocenters. The number of methoxy groups -OCH3 is 1. The number of nitrogens with one attached hydrogen (secondary N) is 1. The quantitative estimate of drug-likeness (QED) is 0.841. The van der Waals surface area contributed by atoms with Gasteiger partial charge in [0.05, 0.1) is 5.69 Å². The van der Waals surface area contributed by atoms with Crippen molar-refractivity contribution < 1.29 is 4.74 Å². The Labute approximate surface area is 110 Å². The van der Waals surface area contributed by atoms with Crippen LogP contribution in [0.2, 0.25) is 0 Å². The Hall–Kier alpha value is -0.870. The van der Waals surface area contributed by atoms with Crippen LogP contribution in [0.4, 0.5) is 0 Å². The predicted octanol–water partition coefficient (Wildman–Crippen LogP) is 2.08. The molecule has 0 radical (unpaired) electrons. The molecule has 0 spiro atoms. The van der Waals surface area contributed by atoms with Crippen LogP contribution in [0.5, 0.6) is 0 Å². The van der Waals surface area contributed by atoms with Crippen LogP contribution >= 0.6 is 0 Å². The molecule has 18 heavy (non-hydrogen) atoms. The zero-order valence-electron chi connectivity index (χ0n) is 11.8. The maximum atomic E-state index is 5.21. The summed E-state index contributed by atoms with van der Waals surface area (Å²) in [6.07, 6.45) is 4.39. The number of hydrogen-bond donors (Lipinski definition) is 1. The van der Waals surface area contributed by atoms with E-state index < -0.39 is 0 Å². The van der Waals surface area contributed by atoms with Crippen LogP contribution in [-0.4, -0.2) is 29.8 Å². The number of hydrogen-bond acceptors (Lipinski definition) is 3. The molecule has 0 fully saturated rings. The average Bonchev–Trinajstić information content (AvgIpc) is 2.74. The van der Waals surface area contributed by atoms with Gasteiger partial charge in [0, 0.05) is 51.4 Å². The molecule has 1 aromatic rings. The average molecular weight is 251 g/mol. The second kappa shape index (κ2) is 6.34. The Morgan fingerprint density at radius 1 is 1.50 bits per heavy atom. The Morgan fingerprint density at radius 3 is 3.06 bits per heavy atom. The van der Waals surface area contributed by atoms with E-state index in [1.165, 1.54) is 17.2 Å². The third-order valence-electron chi connectivity index (χ3n) is 3.65. The van der Waals surface area contributed by atoms with Crippen molar-refractivity contribution in [2.45, 2.75) is 52.1 Å². The topological polar surface area (TPSA) is 39.1 Å². The van der Waals surface area contributed by atoms with E-state index in [1.54, 1.807) is 7.11 Å². The molecule has 1 aliphatic heterocycles. The van der Waals surface area contributed by atoms with Crippen LogP contribution in [0.15, 0.2) is 0 Å². The van der Waals surface area contributed by atoms with Gasteiger partial charge in [-0.25, -0.2) is 4.98 Å². The van der Waals surface area contributed by atoms with E-state index in [0.29, 0.717) is 6.04 Å². The van der Waals surface area contributed by atoms with Crippen molar-refractivity contribution in [3.8, 4) is 0 Å². The summed E-state index contributed by atoms with van der Waals surface area (Å²) in [6, 6.07) is 0.487. The van der Waals surface area contributed by atoms with Crippen molar-refractivity contribution in [2.75, 3.05) is 20.3 Å². The minimum Gasteiger partial charge on any atom is -0.385 e. The van der Waals surface area contributed by atoms with Crippen molar-refractivity contribution in [3.05, 3.63) is 17.2 Å². The molecule has 0 bridgehead atoms. The summed E-state index contributed by atoms with van der Waals surface area (Å²) < 4.78 is 7.68. The zero-order chi connectivity index (χ0) is 13.0. The first-order chi connectivity index (χ1) is 8.77. The fraction of sp³-hybridized carbons (Fsp3) is 0.786. The van der Waals surface area contributed by atoms with Gasteiger partial charge in [-0.05, 0) is 19.8 Å². The van der Waals surface area contributed by atoms with Crippen LogP contribution in [0.25, 0.3) is 0 Å². The van der Waals surface area contributed by atoms with Gasteiger partial charge in [0.25, 0.3) is 0 Å². The highest BCUT2D eigenvalue weighted by molar-refractivity contribution is 5.21. The molecule has 0 saturated carbocycles. The molecule has 4 nitrogen and oxygen atoms in total. The minimum atomic E-state index is 0.487. The van der Waals surface area contributed by atoms with Gasteiger partial charge in [0.2, 0.25) is 0 Å². The lowest BCUT2D eigenvalue weighted by molar-refractivity contribution is 0.180. The van der Waals surface area contributed by atoms with Crippen molar-refractivity contribution in [2.24, 2.45) is 0 Å². The molecule has 1 aliphatic rings. The number of imidazole rings is 1. The first kappa shape index (κ1) is 13.6. The highest BCUT2D eigenvalue weighted by atomic mass is 16.5. The van der Waals surface area contributed by atoms with Crippen LogP contribution < -0.4 is 5.32 Å². The van der Waals surface area contributed by atoms with Crippen LogP contribution in [-0.2, 0) is 24.1 Å². The number of fused-ring (bicyclic) bond motifs is 1. The molecular formula is C14H25N3O. The standard InChI is InChI=1S/C14H25N3O/c1-4-5-14-16-12-10-15-8-6-13(12)17(14)11(2)7-9-18-3/h11,15H,4-10H2,1-3H3. The van der Waals surface area contributed by atoms with Crippen molar-refractivity contribution in [1.82, 2.24) is 14.9 Å². The van der Waals surface area contributed by atoms with Gasteiger partial charge in [-0.2, -0.15) is 0 Å². The second-order valence-electron chi connectivity index (χ2n) is 5.10. The van der Waals surface area contributed by atoms with E-state index in [4.69, 9.17) is 9.72 Å². The number of ether oxygens (including phenoxy) is 1. The van der Waals surface area contributed by atoms with Gasteiger partial charge < -0.3 is 14.6 Å². The van der Waals surface area contributed by atoms with E-state index >= 15 is 0 Å². The monoisotopic (exact) mass is 251 g/mol. The molecule has 1 aromatic heterocycles. The van der Waals surface area contributed by atoms with E-state index in [0.717, 1.165) is 45.4 Å². The number of nitrogens with zero attached hydrogens (tertiary/aromatic N) is 2. The minimum absolute atomic E-state index is 0.487. The summed E-state index contributed by atoms with van der Waals surface area (Å²) in [5.41, 5.74) is 2.70. The van der Waals surface area contributed by atoms with Gasteiger partial charge >= 0.3 is 0 Å². The number of aromatic nitrogens is 2. The van der Waals surface area contributed by atoms with E-state index in [2.05, 4.69) is 23.7 Å². The highest BCUT2D eigenvalue weighted by Gasteiger charge is 2.22. The van der Waals surface area contributed by atoms with E-state index in [1.807, 2.05) is 0 Å². The molecule has 0 aromatic carbocycles. The largest absolute Gasteiger partial charge is 0.385 e. The van der Waals surface area contributed by atoms with Gasteiger partial charge in [-0.15, -0.1) is 0 Å². The van der Waals surface area contributed by atoms with Crippen LogP contribution in [0.3, 0.4) is 0 Å². The maximum absolute atomic E-state index is 5.21. The fourth-order valence-corrected chi connectivity index (χ4v) is 2.73. The molecule has 4 heteroatoms. The highest BCUT2D eigenvalue weighted by Crippen LogP contribution is 2.24. The predicted molar refractivity (Wildman–Crippen MR) is 72.8 cm³/mol. The summed E-state index contributed by atoms with van der Waals surface area (Å²) in [7, 11) is 1.77. The number of rotatable bonds is 6. The summed E-state index contributed by atoms with van der Waals surface area (Å²) in [4.78, 5) is 4.83. The molecule has 1 unspecified atom stereocenters. The first-order valence-electron chi connectivity index (χ1n) is 7.06. The lowest BCUT2D eigenvalue weighted by atomic mass is 10.1. The maximum Gasteiger partial charge on any atom is 0.109 e. The molecule has 0 aliphatic carbocycles. The van der Waals surface area contributed by atoms with Gasteiger partial charge in [0.15, 0.2) is 0 Å². The molecule has 0 amide bonds. The third-order valence-corrected chi connectivity index (χ3v) is 3.65. The summed E-state index contributed by atoms with van der Waals surface area (Å²) in [6.45, 7) is 7.31. The van der Waals surface area contributed by atoms with Gasteiger partial charge in [-0.1, -0.05) is 6.92 Å². The third kappa shape index (κ3) is 2.75. The van der Waals surface area contributed by atoms with E-state index in [9.17, 15) is 0 Å². The molecule has 0 saturated heterocycles. The molecule has 2 heterocycles. The van der Waals surface area contributed by atoms with Crippen molar-refractivity contribution in [1.29, 1.82) is 0 Å². The Morgan fingerprint density at radius 2 is 2.33 bits per heavy atom. The Kier molecular flexibility index (Phi) is 4.78. The van der Waals surface area contributed by atoms with E-state index in [-0.39, 0.29) is 0 Å². The summed E-state index contributed by atoms with van der Waals surface area (Å²) in [5.74, 6) is 1.26. The summed E-state index contributed by atoms with van der Waals surface area (Å²) >= 11 is 0. The van der Waals surface area contributed by atoms with Crippen LogP contribution in [0.1, 0.15) is 49.9 Å². The number of aryl methyl sites for hydroxylation is 1. The smallest absolute Gasteiger partial charge is 0.109 e. The molecule has 2 rings (SSSR count). The fourth-order valence-electron chi connectivity index (χ4n) is 2.73. The second-order valence-corrected chi connectivity index (χ2v) is 5.10. The summed E-state index contributed by atoms with van der Waals surface area (Å²) in [5, 5.41) is 3.41. The SMILES string of the molecule is CCCc1nc2c(n1C(C)CCOC)CCNC2. The van der Waals surface area contributed by atoms with Crippen molar-refractivity contribution in [3.63, 3.8) is 0 Å². The Balaban J connectivity index is 2.26. The first-order valence-corrected chi connectivity index (χ1v) is 7.06. The lowest BCUT2D eigenvalue weighted by Gasteiger charge is -2.21. The Bertz CT molecular complexity index is 387. The van der Waals surface area contributed by atoms with Crippen molar-refractivity contribution >= 4 is 0 Å². The van der Waals surface area contributed by atoms with Gasteiger partial charge in [0.1, 0.15) is 5.82 Å². The van der Waals surface area contributed by atoms with Gasteiger partial charge in [-0.3, -0.25) is 0 Å². The normalized spacial score (nSPS) is 16.6. The lowest BCUT2D eigenvalue weighted by Crippen LogP contribution is -2.26. The molecule has 102 valence electrons. The van der Waals surface area contributed by atoms with Crippen LogP contribution in [0, 0.1) is 0 Å². The molecule has 1 N–H and O–H groups in total. The zero-order valence-corrected chi connectivity index (χ0v) is 11.8. The molecular weight excluding hydrogens is 226 g/mol.